The van der Waals surface area contributed by atoms with Crippen LogP contribution in [0.5, 0.6) is 0 Å². The van der Waals surface area contributed by atoms with E-state index >= 15 is 0 Å². The summed E-state index contributed by atoms with van der Waals surface area (Å²) in [6.07, 6.45) is 0. The zero-order valence-corrected chi connectivity index (χ0v) is 13.6. The van der Waals surface area contributed by atoms with Gasteiger partial charge in [-0.1, -0.05) is 15.9 Å². The summed E-state index contributed by atoms with van der Waals surface area (Å²) in [5, 5.41) is 11.7. The third-order valence-electron chi connectivity index (χ3n) is 2.79. The van der Waals surface area contributed by atoms with Crippen molar-refractivity contribution in [3.63, 3.8) is 0 Å². The molecule has 0 spiro atoms. The smallest absolute Gasteiger partial charge is 0.187 e. The number of rotatable bonds is 2. The van der Waals surface area contributed by atoms with Gasteiger partial charge < -0.3 is 5.73 Å². The molecule has 1 aromatic heterocycles. The van der Waals surface area contributed by atoms with Crippen molar-refractivity contribution in [2.45, 2.75) is 0 Å². The fraction of sp³-hybridized carbons (Fsp3) is 0. The van der Waals surface area contributed by atoms with Gasteiger partial charge in [0.15, 0.2) is 5.82 Å². The Morgan fingerprint density at radius 2 is 1.90 bits per heavy atom. The number of anilines is 1. The average molecular weight is 413 g/mol. The summed E-state index contributed by atoms with van der Waals surface area (Å²) in [4.78, 5) is 0. The Labute approximate surface area is 136 Å². The van der Waals surface area contributed by atoms with Crippen LogP contribution < -0.4 is 5.73 Å². The maximum Gasteiger partial charge on any atom is 0.187 e. The summed E-state index contributed by atoms with van der Waals surface area (Å²) >= 11 is 6.70. The van der Waals surface area contributed by atoms with Crippen molar-refractivity contribution in [1.29, 1.82) is 0 Å². The molecule has 0 saturated carbocycles. The Balaban J connectivity index is 2.17. The molecule has 0 aliphatic heterocycles. The summed E-state index contributed by atoms with van der Waals surface area (Å²) in [5.74, 6) is 0.169. The van der Waals surface area contributed by atoms with E-state index in [0.717, 1.165) is 10.0 Å². The summed E-state index contributed by atoms with van der Waals surface area (Å²) in [6, 6.07) is 9.71. The van der Waals surface area contributed by atoms with Crippen molar-refractivity contribution in [2.24, 2.45) is 0 Å². The number of aromatic nitrogens is 4. The molecule has 3 rings (SSSR count). The SMILES string of the molecule is Nc1cc(Br)cc(-c2nnnn2-c2ccc(F)cc2Br)c1. The van der Waals surface area contributed by atoms with E-state index in [9.17, 15) is 4.39 Å². The zero-order valence-electron chi connectivity index (χ0n) is 10.5. The maximum atomic E-state index is 13.2. The Morgan fingerprint density at radius 1 is 1.10 bits per heavy atom. The van der Waals surface area contributed by atoms with Crippen LogP contribution in [0.25, 0.3) is 17.1 Å². The number of hydrogen-bond acceptors (Lipinski definition) is 4. The molecule has 0 amide bonds. The van der Waals surface area contributed by atoms with Crippen LogP contribution in [-0.4, -0.2) is 20.2 Å². The summed E-state index contributed by atoms with van der Waals surface area (Å²) in [5.41, 5.74) is 7.81. The highest BCUT2D eigenvalue weighted by Crippen LogP contribution is 2.28. The molecule has 8 heteroatoms. The van der Waals surface area contributed by atoms with Crippen LogP contribution in [0.2, 0.25) is 0 Å². The first kappa shape index (κ1) is 14.2. The van der Waals surface area contributed by atoms with Crippen LogP contribution in [0.1, 0.15) is 0 Å². The highest BCUT2D eigenvalue weighted by molar-refractivity contribution is 9.10. The van der Waals surface area contributed by atoms with Crippen LogP contribution in [0, 0.1) is 5.82 Å². The van der Waals surface area contributed by atoms with Crippen LogP contribution in [0.15, 0.2) is 45.3 Å². The van der Waals surface area contributed by atoms with E-state index in [-0.39, 0.29) is 5.82 Å². The van der Waals surface area contributed by atoms with Gasteiger partial charge in [0.05, 0.1) is 5.69 Å². The molecule has 0 aliphatic rings. The molecule has 0 atom stereocenters. The van der Waals surface area contributed by atoms with Crippen LogP contribution in [0.3, 0.4) is 0 Å². The Morgan fingerprint density at radius 3 is 2.62 bits per heavy atom. The predicted molar refractivity (Wildman–Crippen MR) is 84.4 cm³/mol. The average Bonchev–Trinajstić information content (AvgIpc) is 2.86. The van der Waals surface area contributed by atoms with Gasteiger partial charge in [-0.2, -0.15) is 4.68 Å². The number of nitrogen functional groups attached to an aromatic ring is 1. The highest BCUT2D eigenvalue weighted by Gasteiger charge is 2.14. The van der Waals surface area contributed by atoms with Gasteiger partial charge >= 0.3 is 0 Å². The van der Waals surface area contributed by atoms with E-state index in [0.29, 0.717) is 21.7 Å². The number of nitrogens with zero attached hydrogens (tertiary/aromatic N) is 4. The predicted octanol–water partition coefficient (Wildman–Crippen LogP) is 3.58. The molecule has 0 saturated heterocycles. The van der Waals surface area contributed by atoms with Crippen molar-refractivity contribution in [3.8, 4) is 17.1 Å². The first-order chi connectivity index (χ1) is 10.0. The largest absolute Gasteiger partial charge is 0.399 e. The van der Waals surface area contributed by atoms with Crippen LogP contribution in [-0.2, 0) is 0 Å². The number of benzene rings is 2. The van der Waals surface area contributed by atoms with Gasteiger partial charge in [0.2, 0.25) is 0 Å². The van der Waals surface area contributed by atoms with Gasteiger partial charge in [0.25, 0.3) is 0 Å². The fourth-order valence-electron chi connectivity index (χ4n) is 1.92. The summed E-state index contributed by atoms with van der Waals surface area (Å²) in [6.45, 7) is 0. The zero-order chi connectivity index (χ0) is 15.0. The first-order valence-electron chi connectivity index (χ1n) is 5.85. The van der Waals surface area contributed by atoms with Crippen molar-refractivity contribution in [3.05, 3.63) is 51.2 Å². The Hall–Kier alpha value is -1.80. The minimum absolute atomic E-state index is 0.341. The van der Waals surface area contributed by atoms with Gasteiger partial charge in [-0.25, -0.2) is 4.39 Å². The summed E-state index contributed by atoms with van der Waals surface area (Å²) < 4.78 is 16.1. The quantitative estimate of drug-likeness (QED) is 0.653. The van der Waals surface area contributed by atoms with Crippen molar-refractivity contribution in [1.82, 2.24) is 20.2 Å². The highest BCUT2D eigenvalue weighted by atomic mass is 79.9. The summed E-state index contributed by atoms with van der Waals surface area (Å²) in [7, 11) is 0. The maximum absolute atomic E-state index is 13.2. The number of hydrogen-bond donors (Lipinski definition) is 1. The van der Waals surface area contributed by atoms with Gasteiger partial charge in [0, 0.05) is 20.2 Å². The standard InChI is InChI=1S/C13H8Br2FN5/c14-8-3-7(4-10(17)5-8)13-18-19-20-21(13)12-2-1-9(16)6-11(12)15/h1-6H,17H2. The molecule has 2 aromatic carbocycles. The molecular weight excluding hydrogens is 405 g/mol. The molecular formula is C13H8Br2FN5. The lowest BCUT2D eigenvalue weighted by Crippen LogP contribution is -2.01. The molecule has 0 aliphatic carbocycles. The molecule has 0 unspecified atom stereocenters. The lowest BCUT2D eigenvalue weighted by molar-refractivity contribution is 0.625. The van der Waals surface area contributed by atoms with E-state index in [4.69, 9.17) is 5.73 Å². The van der Waals surface area contributed by atoms with Crippen molar-refractivity contribution in [2.75, 3.05) is 5.73 Å². The molecule has 106 valence electrons. The second-order valence-electron chi connectivity index (χ2n) is 4.28. The van der Waals surface area contributed by atoms with E-state index in [2.05, 4.69) is 47.4 Å². The first-order valence-corrected chi connectivity index (χ1v) is 7.43. The van der Waals surface area contributed by atoms with Crippen LogP contribution in [0.4, 0.5) is 10.1 Å². The van der Waals surface area contributed by atoms with Gasteiger partial charge in [0.1, 0.15) is 5.82 Å². The minimum Gasteiger partial charge on any atom is -0.399 e. The third kappa shape index (κ3) is 2.81. The van der Waals surface area contributed by atoms with E-state index in [1.165, 1.54) is 16.8 Å². The van der Waals surface area contributed by atoms with Crippen molar-refractivity contribution >= 4 is 37.5 Å². The van der Waals surface area contributed by atoms with Crippen molar-refractivity contribution < 1.29 is 4.39 Å². The Kier molecular flexibility index (Phi) is 3.73. The normalized spacial score (nSPS) is 10.8. The van der Waals surface area contributed by atoms with E-state index < -0.39 is 0 Å². The number of nitrogens with two attached hydrogens (primary N) is 1. The van der Waals surface area contributed by atoms with Gasteiger partial charge in [-0.3, -0.25) is 0 Å². The van der Waals surface area contributed by atoms with E-state index in [1.54, 1.807) is 18.2 Å². The number of tetrazole rings is 1. The third-order valence-corrected chi connectivity index (χ3v) is 3.88. The monoisotopic (exact) mass is 411 g/mol. The number of halogens is 3. The van der Waals surface area contributed by atoms with E-state index in [1.807, 2.05) is 6.07 Å². The molecule has 3 aromatic rings. The molecule has 0 radical (unpaired) electrons. The lowest BCUT2D eigenvalue weighted by Gasteiger charge is -2.08. The Bertz CT molecular complexity index is 798. The molecule has 2 N–H and O–H groups in total. The lowest BCUT2D eigenvalue weighted by atomic mass is 10.2. The fourth-order valence-corrected chi connectivity index (χ4v) is 2.95. The molecule has 1 heterocycles. The topological polar surface area (TPSA) is 69.6 Å². The van der Waals surface area contributed by atoms with Crippen LogP contribution >= 0.6 is 31.9 Å². The molecule has 5 nitrogen and oxygen atoms in total. The molecule has 21 heavy (non-hydrogen) atoms. The molecule has 0 fully saturated rings. The van der Waals surface area contributed by atoms with Gasteiger partial charge in [-0.15, -0.1) is 5.10 Å². The minimum atomic E-state index is -0.341. The second-order valence-corrected chi connectivity index (χ2v) is 6.05. The second kappa shape index (κ2) is 5.53. The van der Waals surface area contributed by atoms with Gasteiger partial charge in [-0.05, 0) is 62.8 Å². The molecule has 0 bridgehead atoms.